The van der Waals surface area contributed by atoms with Gasteiger partial charge in [0.1, 0.15) is 16.7 Å². The van der Waals surface area contributed by atoms with Crippen LogP contribution in [0.5, 0.6) is 0 Å². The van der Waals surface area contributed by atoms with Crippen LogP contribution in [0, 0.1) is 0 Å². The Hall–Kier alpha value is -3.05. The van der Waals surface area contributed by atoms with Gasteiger partial charge in [0.05, 0.1) is 5.54 Å². The molecule has 29 heavy (non-hydrogen) atoms. The molecule has 0 fully saturated rings. The zero-order valence-electron chi connectivity index (χ0n) is 16.5. The summed E-state index contributed by atoms with van der Waals surface area (Å²) in [7, 11) is 2.05. The number of allylic oxidation sites excluding steroid dienone is 1. The largest absolute Gasteiger partial charge is 0.436 e. The van der Waals surface area contributed by atoms with Gasteiger partial charge in [0.25, 0.3) is 0 Å². The second-order valence-electron chi connectivity index (χ2n) is 8.03. The van der Waals surface area contributed by atoms with Gasteiger partial charge in [0.15, 0.2) is 5.58 Å². The first-order valence-corrected chi connectivity index (χ1v) is 9.73. The van der Waals surface area contributed by atoms with Gasteiger partial charge in [-0.3, -0.25) is 0 Å². The molecule has 0 amide bonds. The molecule has 0 atom stereocenters. The number of hydrogen-bond donors (Lipinski definition) is 0. The van der Waals surface area contributed by atoms with Gasteiger partial charge in [-0.15, -0.1) is 0 Å². The summed E-state index contributed by atoms with van der Waals surface area (Å²) in [5, 5.41) is 1.38. The van der Waals surface area contributed by atoms with Crippen molar-refractivity contribution in [1.29, 1.82) is 0 Å². The molecule has 2 aromatic carbocycles. The van der Waals surface area contributed by atoms with Crippen molar-refractivity contribution in [1.82, 2.24) is 4.98 Å². The molecule has 0 saturated carbocycles. The number of benzene rings is 2. The molecule has 5 nitrogen and oxygen atoms in total. The lowest BCUT2D eigenvalue weighted by atomic mass is 9.88. The van der Waals surface area contributed by atoms with Gasteiger partial charge in [-0.2, -0.15) is 0 Å². The first kappa shape index (κ1) is 18.0. The van der Waals surface area contributed by atoms with Crippen LogP contribution in [0.15, 0.2) is 56.1 Å². The second-order valence-corrected chi connectivity index (χ2v) is 8.46. The van der Waals surface area contributed by atoms with E-state index in [9.17, 15) is 4.79 Å². The molecular formula is C23H19ClN2O3. The fourth-order valence-corrected chi connectivity index (χ4v) is 4.10. The van der Waals surface area contributed by atoms with Crippen molar-refractivity contribution in [2.24, 2.45) is 0 Å². The minimum atomic E-state index is -0.486. The maximum absolute atomic E-state index is 12.7. The monoisotopic (exact) mass is 406 g/mol. The summed E-state index contributed by atoms with van der Waals surface area (Å²) in [6, 6.07) is 10.9. The number of likely N-dealkylation sites (N-methyl/N-ethyl adjacent to an activating group) is 1. The summed E-state index contributed by atoms with van der Waals surface area (Å²) < 4.78 is 11.4. The molecule has 0 aliphatic carbocycles. The molecule has 0 radical (unpaired) electrons. The van der Waals surface area contributed by atoms with Crippen molar-refractivity contribution in [2.45, 2.75) is 26.3 Å². The van der Waals surface area contributed by atoms with E-state index < -0.39 is 5.63 Å². The highest BCUT2D eigenvalue weighted by Gasteiger charge is 2.29. The number of anilines is 1. The Labute approximate surface area is 172 Å². The predicted molar refractivity (Wildman–Crippen MR) is 117 cm³/mol. The molecule has 0 saturated heterocycles. The summed E-state index contributed by atoms with van der Waals surface area (Å²) in [6.45, 7) is 6.41. The first-order chi connectivity index (χ1) is 13.7. The summed E-state index contributed by atoms with van der Waals surface area (Å²) in [5.41, 5.74) is 4.72. The van der Waals surface area contributed by atoms with E-state index in [2.05, 4.69) is 36.7 Å². The Morgan fingerprint density at radius 3 is 2.59 bits per heavy atom. The van der Waals surface area contributed by atoms with Crippen LogP contribution in [-0.2, 0) is 0 Å². The third kappa shape index (κ3) is 2.76. The lowest BCUT2D eigenvalue weighted by Gasteiger charge is -2.40. The van der Waals surface area contributed by atoms with Gasteiger partial charge in [-0.05, 0) is 56.7 Å². The average Bonchev–Trinajstić information content (AvgIpc) is 3.07. The van der Waals surface area contributed by atoms with Crippen molar-refractivity contribution in [3.8, 4) is 11.5 Å². The highest BCUT2D eigenvalue weighted by molar-refractivity contribution is 6.31. The van der Waals surface area contributed by atoms with Gasteiger partial charge in [0, 0.05) is 34.8 Å². The number of nitrogens with zero attached hydrogens (tertiary/aromatic N) is 2. The summed E-state index contributed by atoms with van der Waals surface area (Å²) in [5.74, 6) is 0.223. The van der Waals surface area contributed by atoms with E-state index in [4.69, 9.17) is 20.4 Å². The topological polar surface area (TPSA) is 59.5 Å². The normalized spacial score (nSPS) is 15.6. The molecule has 2 aromatic heterocycles. The number of halogens is 1. The van der Waals surface area contributed by atoms with E-state index in [0.29, 0.717) is 21.7 Å². The van der Waals surface area contributed by atoms with E-state index in [1.807, 2.05) is 19.2 Å². The van der Waals surface area contributed by atoms with Crippen LogP contribution in [0.1, 0.15) is 26.3 Å². The van der Waals surface area contributed by atoms with Crippen LogP contribution in [0.3, 0.4) is 0 Å². The van der Waals surface area contributed by atoms with E-state index >= 15 is 0 Å². The smallest absolute Gasteiger partial charge is 0.349 e. The van der Waals surface area contributed by atoms with E-state index in [-0.39, 0.29) is 17.0 Å². The van der Waals surface area contributed by atoms with Crippen molar-refractivity contribution >= 4 is 44.9 Å². The van der Waals surface area contributed by atoms with Crippen molar-refractivity contribution in [3.05, 3.63) is 63.5 Å². The molecule has 0 unspecified atom stereocenters. The van der Waals surface area contributed by atoms with Crippen LogP contribution < -0.4 is 10.5 Å². The zero-order chi connectivity index (χ0) is 20.5. The number of aromatic nitrogens is 1. The summed E-state index contributed by atoms with van der Waals surface area (Å²) in [6.07, 6.45) is 2.24. The van der Waals surface area contributed by atoms with Crippen molar-refractivity contribution < 1.29 is 8.83 Å². The molecule has 5 rings (SSSR count). The van der Waals surface area contributed by atoms with Crippen LogP contribution >= 0.6 is 11.6 Å². The van der Waals surface area contributed by atoms with Gasteiger partial charge in [-0.1, -0.05) is 17.7 Å². The van der Waals surface area contributed by atoms with Gasteiger partial charge in [0.2, 0.25) is 5.89 Å². The van der Waals surface area contributed by atoms with Crippen LogP contribution in [0.2, 0.25) is 5.02 Å². The molecule has 1 aliphatic heterocycles. The molecule has 0 N–H and O–H groups in total. The third-order valence-corrected chi connectivity index (χ3v) is 5.89. The van der Waals surface area contributed by atoms with E-state index in [0.717, 1.165) is 16.6 Å². The molecule has 4 aromatic rings. The van der Waals surface area contributed by atoms with Gasteiger partial charge >= 0.3 is 5.63 Å². The third-order valence-electron chi connectivity index (χ3n) is 5.65. The Kier molecular flexibility index (Phi) is 3.71. The molecule has 1 aliphatic rings. The second kappa shape index (κ2) is 5.97. The molecule has 3 heterocycles. The van der Waals surface area contributed by atoms with Crippen molar-refractivity contribution in [3.63, 3.8) is 0 Å². The highest BCUT2D eigenvalue weighted by Crippen LogP contribution is 2.40. The quantitative estimate of drug-likeness (QED) is 0.369. The van der Waals surface area contributed by atoms with E-state index in [1.165, 1.54) is 5.57 Å². The standard InChI is InChI=1S/C23H19ClN2O3/c1-12-11-23(2,3)26(4)18-10-20-13(7-15(12)18)8-16(22(27)29-20)21-25-17-9-14(24)5-6-19(17)28-21/h5-11H,1-4H3. The maximum Gasteiger partial charge on any atom is 0.349 e. The average molecular weight is 407 g/mol. The molecular weight excluding hydrogens is 388 g/mol. The predicted octanol–water partition coefficient (Wildman–Crippen LogP) is 5.89. The fraction of sp³-hybridized carbons (Fsp3) is 0.217. The lowest BCUT2D eigenvalue weighted by Crippen LogP contribution is -2.42. The summed E-state index contributed by atoms with van der Waals surface area (Å²) in [4.78, 5) is 19.3. The summed E-state index contributed by atoms with van der Waals surface area (Å²) >= 11 is 6.03. The SMILES string of the molecule is CC1=CC(C)(C)N(C)c2cc3oc(=O)c(-c4nc5cc(Cl)ccc5o4)cc3cc21. The number of rotatable bonds is 1. The maximum atomic E-state index is 12.7. The number of fused-ring (bicyclic) bond motifs is 3. The van der Waals surface area contributed by atoms with Crippen molar-refractivity contribution in [2.75, 3.05) is 11.9 Å². The van der Waals surface area contributed by atoms with Crippen LogP contribution in [-0.4, -0.2) is 17.6 Å². The first-order valence-electron chi connectivity index (χ1n) is 9.35. The molecule has 6 heteroatoms. The minimum absolute atomic E-state index is 0.121. The number of hydrogen-bond acceptors (Lipinski definition) is 5. The minimum Gasteiger partial charge on any atom is -0.436 e. The molecule has 0 spiro atoms. The van der Waals surface area contributed by atoms with Crippen LogP contribution in [0.4, 0.5) is 5.69 Å². The van der Waals surface area contributed by atoms with E-state index in [1.54, 1.807) is 24.3 Å². The molecule has 0 bridgehead atoms. The zero-order valence-corrected chi connectivity index (χ0v) is 17.3. The van der Waals surface area contributed by atoms with Crippen LogP contribution in [0.25, 0.3) is 39.1 Å². The Bertz CT molecular complexity index is 1390. The highest BCUT2D eigenvalue weighted by atomic mass is 35.5. The Balaban J connectivity index is 1.72. The number of oxazole rings is 1. The lowest BCUT2D eigenvalue weighted by molar-refractivity contribution is 0.552. The fourth-order valence-electron chi connectivity index (χ4n) is 3.93. The van der Waals surface area contributed by atoms with Gasteiger partial charge in [-0.25, -0.2) is 9.78 Å². The Morgan fingerprint density at radius 2 is 1.79 bits per heavy atom. The molecule has 146 valence electrons. The Morgan fingerprint density at radius 1 is 1.03 bits per heavy atom. The van der Waals surface area contributed by atoms with Gasteiger partial charge < -0.3 is 13.7 Å².